The molecule has 1 N–H and O–H groups in total. The van der Waals surface area contributed by atoms with E-state index >= 15 is 0 Å². The quantitative estimate of drug-likeness (QED) is 0.744. The third-order valence-electron chi connectivity index (χ3n) is 3.27. The Morgan fingerprint density at radius 2 is 2.15 bits per heavy atom. The van der Waals surface area contributed by atoms with Crippen LogP contribution >= 0.6 is 12.2 Å². The first-order valence-electron chi connectivity index (χ1n) is 6.44. The summed E-state index contributed by atoms with van der Waals surface area (Å²) in [7, 11) is 0. The fraction of sp³-hybridized carbons (Fsp3) is 0.200. The first-order chi connectivity index (χ1) is 9.63. The van der Waals surface area contributed by atoms with E-state index in [4.69, 9.17) is 12.2 Å². The molecule has 0 radical (unpaired) electrons. The Morgan fingerprint density at radius 1 is 1.30 bits per heavy atom. The Bertz CT molecular complexity index is 819. The Balaban J connectivity index is 1.93. The molecular weight excluding hydrogens is 273 g/mol. The first-order valence-corrected chi connectivity index (χ1v) is 6.85. The molecule has 3 nitrogen and oxygen atoms in total. The number of H-pyrrole nitrogens is 1. The lowest BCUT2D eigenvalue weighted by Crippen LogP contribution is -2.03. The molecular formula is C15H14FN3S. The smallest absolute Gasteiger partial charge is 0.179 e. The van der Waals surface area contributed by atoms with E-state index in [0.717, 1.165) is 22.4 Å². The van der Waals surface area contributed by atoms with Crippen LogP contribution in [0, 0.1) is 17.5 Å². The fourth-order valence-corrected chi connectivity index (χ4v) is 2.55. The van der Waals surface area contributed by atoms with Crippen LogP contribution in [0.3, 0.4) is 0 Å². The van der Waals surface area contributed by atoms with E-state index in [1.165, 1.54) is 6.07 Å². The second-order valence-electron chi connectivity index (χ2n) is 4.79. The lowest BCUT2D eigenvalue weighted by atomic mass is 10.1. The molecule has 3 rings (SSSR count). The maximum absolute atomic E-state index is 13.2. The first kappa shape index (κ1) is 13.0. The van der Waals surface area contributed by atoms with E-state index in [9.17, 15) is 4.39 Å². The average molecular weight is 287 g/mol. The molecule has 0 bridgehead atoms. The van der Waals surface area contributed by atoms with Gasteiger partial charge < -0.3 is 9.55 Å². The number of hydrogen-bond acceptors (Lipinski definition) is 2. The van der Waals surface area contributed by atoms with Gasteiger partial charge in [-0.05, 0) is 55.4 Å². The van der Waals surface area contributed by atoms with Gasteiger partial charge in [-0.15, -0.1) is 0 Å². The van der Waals surface area contributed by atoms with Crippen LogP contribution in [0.25, 0.3) is 11.2 Å². The molecule has 0 saturated carbocycles. The van der Waals surface area contributed by atoms with Gasteiger partial charge in [-0.2, -0.15) is 0 Å². The third-order valence-corrected chi connectivity index (χ3v) is 3.59. The van der Waals surface area contributed by atoms with E-state index in [-0.39, 0.29) is 5.82 Å². The molecule has 0 amide bonds. The van der Waals surface area contributed by atoms with Crippen LogP contribution in [-0.4, -0.2) is 14.5 Å². The highest BCUT2D eigenvalue weighted by atomic mass is 32.1. The molecule has 0 aliphatic rings. The SMILES string of the molecule is Cc1ccc2[nH]c(=S)n(CCc3cccc(F)c3)c2n1. The molecule has 1 aromatic carbocycles. The van der Waals surface area contributed by atoms with Crippen molar-refractivity contribution >= 4 is 23.4 Å². The van der Waals surface area contributed by atoms with E-state index in [2.05, 4.69) is 9.97 Å². The molecule has 2 aromatic heterocycles. The third kappa shape index (κ3) is 2.49. The van der Waals surface area contributed by atoms with E-state index in [1.54, 1.807) is 12.1 Å². The molecule has 5 heteroatoms. The van der Waals surface area contributed by atoms with Gasteiger partial charge in [0.1, 0.15) is 5.82 Å². The zero-order chi connectivity index (χ0) is 14.1. The minimum absolute atomic E-state index is 0.209. The lowest BCUT2D eigenvalue weighted by molar-refractivity contribution is 0.622. The van der Waals surface area contributed by atoms with E-state index in [1.807, 2.05) is 29.7 Å². The van der Waals surface area contributed by atoms with Crippen LogP contribution in [0.1, 0.15) is 11.3 Å². The summed E-state index contributed by atoms with van der Waals surface area (Å²) in [6.45, 7) is 2.63. The summed E-state index contributed by atoms with van der Waals surface area (Å²) in [5, 5.41) is 0. The molecule has 0 fully saturated rings. The van der Waals surface area contributed by atoms with Gasteiger partial charge >= 0.3 is 0 Å². The predicted molar refractivity (Wildman–Crippen MR) is 79.8 cm³/mol. The molecule has 102 valence electrons. The van der Waals surface area contributed by atoms with Gasteiger partial charge in [-0.1, -0.05) is 12.1 Å². The lowest BCUT2D eigenvalue weighted by Gasteiger charge is -2.05. The van der Waals surface area contributed by atoms with E-state index < -0.39 is 0 Å². The normalized spacial score (nSPS) is 11.1. The molecule has 0 spiro atoms. The number of aromatic nitrogens is 3. The summed E-state index contributed by atoms with van der Waals surface area (Å²) in [6.07, 6.45) is 0.717. The number of rotatable bonds is 3. The van der Waals surface area contributed by atoms with Gasteiger partial charge in [0.2, 0.25) is 0 Å². The van der Waals surface area contributed by atoms with Gasteiger partial charge in [0.25, 0.3) is 0 Å². The molecule has 0 aliphatic heterocycles. The summed E-state index contributed by atoms with van der Waals surface area (Å²) >= 11 is 5.33. The number of aryl methyl sites for hydroxylation is 3. The van der Waals surface area contributed by atoms with Crippen molar-refractivity contribution in [3.8, 4) is 0 Å². The topological polar surface area (TPSA) is 33.6 Å². The standard InChI is InChI=1S/C15H14FN3S/c1-10-5-6-13-14(17-10)19(15(20)18-13)8-7-11-3-2-4-12(16)9-11/h2-6,9H,7-8H2,1H3,(H,18,20). The summed E-state index contributed by atoms with van der Waals surface area (Å²) in [5.74, 6) is -0.209. The maximum atomic E-state index is 13.2. The van der Waals surface area contributed by atoms with Crippen molar-refractivity contribution in [1.29, 1.82) is 0 Å². The monoisotopic (exact) mass is 287 g/mol. The minimum Gasteiger partial charge on any atom is -0.329 e. The van der Waals surface area contributed by atoms with Crippen molar-refractivity contribution in [1.82, 2.24) is 14.5 Å². The molecule has 0 unspecified atom stereocenters. The van der Waals surface area contributed by atoms with Crippen LogP contribution in [-0.2, 0) is 13.0 Å². The van der Waals surface area contributed by atoms with Crippen LogP contribution in [0.15, 0.2) is 36.4 Å². The summed E-state index contributed by atoms with van der Waals surface area (Å²) in [6, 6.07) is 10.6. The molecule has 2 heterocycles. The van der Waals surface area contributed by atoms with Gasteiger partial charge in [0.15, 0.2) is 10.4 Å². The summed E-state index contributed by atoms with van der Waals surface area (Å²) < 4.78 is 15.8. The van der Waals surface area contributed by atoms with Crippen LogP contribution in [0.4, 0.5) is 4.39 Å². The minimum atomic E-state index is -0.209. The van der Waals surface area contributed by atoms with Gasteiger partial charge in [0.05, 0.1) is 5.52 Å². The second kappa shape index (κ2) is 5.17. The van der Waals surface area contributed by atoms with Gasteiger partial charge in [-0.3, -0.25) is 0 Å². The number of benzene rings is 1. The Morgan fingerprint density at radius 3 is 2.95 bits per heavy atom. The Kier molecular flexibility index (Phi) is 3.36. The van der Waals surface area contributed by atoms with Crippen molar-refractivity contribution in [2.75, 3.05) is 0 Å². The number of fused-ring (bicyclic) bond motifs is 1. The van der Waals surface area contributed by atoms with Crippen molar-refractivity contribution < 1.29 is 4.39 Å². The Labute approximate surface area is 121 Å². The van der Waals surface area contributed by atoms with Crippen LogP contribution < -0.4 is 0 Å². The molecule has 3 aromatic rings. The van der Waals surface area contributed by atoms with E-state index in [0.29, 0.717) is 17.7 Å². The second-order valence-corrected chi connectivity index (χ2v) is 5.17. The zero-order valence-electron chi connectivity index (χ0n) is 11.1. The average Bonchev–Trinajstić information content (AvgIpc) is 2.72. The molecule has 0 atom stereocenters. The van der Waals surface area contributed by atoms with Crippen LogP contribution in [0.5, 0.6) is 0 Å². The Hall–Kier alpha value is -2.01. The highest BCUT2D eigenvalue weighted by molar-refractivity contribution is 7.71. The number of halogens is 1. The highest BCUT2D eigenvalue weighted by Gasteiger charge is 2.06. The molecule has 20 heavy (non-hydrogen) atoms. The van der Waals surface area contributed by atoms with Crippen molar-refractivity contribution in [2.24, 2.45) is 0 Å². The van der Waals surface area contributed by atoms with Crippen molar-refractivity contribution in [3.63, 3.8) is 0 Å². The van der Waals surface area contributed by atoms with Gasteiger partial charge in [-0.25, -0.2) is 9.37 Å². The summed E-state index contributed by atoms with van der Waals surface area (Å²) in [4.78, 5) is 7.66. The number of nitrogens with zero attached hydrogens (tertiary/aromatic N) is 2. The zero-order valence-corrected chi connectivity index (χ0v) is 11.9. The molecule has 0 saturated heterocycles. The summed E-state index contributed by atoms with van der Waals surface area (Å²) in [5.41, 5.74) is 3.69. The predicted octanol–water partition coefficient (Wildman–Crippen LogP) is 3.78. The largest absolute Gasteiger partial charge is 0.329 e. The number of aromatic amines is 1. The molecule has 0 aliphatic carbocycles. The number of hydrogen-bond donors (Lipinski definition) is 1. The highest BCUT2D eigenvalue weighted by Crippen LogP contribution is 2.14. The maximum Gasteiger partial charge on any atom is 0.179 e. The van der Waals surface area contributed by atoms with Gasteiger partial charge in [0, 0.05) is 12.2 Å². The number of pyridine rings is 1. The number of imidazole rings is 1. The fourth-order valence-electron chi connectivity index (χ4n) is 2.27. The van der Waals surface area contributed by atoms with Crippen LogP contribution in [0.2, 0.25) is 0 Å². The van der Waals surface area contributed by atoms with Crippen molar-refractivity contribution in [3.05, 3.63) is 58.2 Å². The van der Waals surface area contributed by atoms with Crippen molar-refractivity contribution in [2.45, 2.75) is 19.9 Å². The number of nitrogens with one attached hydrogen (secondary N) is 1.